The molecule has 0 radical (unpaired) electrons. The quantitative estimate of drug-likeness (QED) is 0.112. The number of hydrogen-bond acceptors (Lipinski definition) is 7. The molecule has 3 heterocycles. The van der Waals surface area contributed by atoms with Crippen molar-refractivity contribution in [2.75, 3.05) is 0 Å². The molecule has 0 saturated carbocycles. The lowest BCUT2D eigenvalue weighted by atomic mass is 10.1. The number of benzene rings is 2. The topological polar surface area (TPSA) is 131 Å². The molecule has 2 aromatic carbocycles. The Morgan fingerprint density at radius 1 is 0.596 bits per heavy atom. The Bertz CT molecular complexity index is 1980. The first-order valence-corrected chi connectivity index (χ1v) is 17.0. The Morgan fingerprint density at radius 3 is 1.43 bits per heavy atom. The highest BCUT2D eigenvalue weighted by atomic mass is 32.1. The van der Waals surface area contributed by atoms with Gasteiger partial charge in [0.2, 0.25) is 0 Å². The SMILES string of the molecule is CCCCCCn1c(/C=C/c2ccc3sc4ccc(/C=C/c5nc(C#N)c(C#N)n5CCCCCC)cc4c3c2)nc(C#N)c1C#N. The number of nitrogens with zero attached hydrogens (tertiary/aromatic N) is 8. The molecule has 0 atom stereocenters. The summed E-state index contributed by atoms with van der Waals surface area (Å²) in [7, 11) is 0. The van der Waals surface area contributed by atoms with Crippen LogP contribution in [0.5, 0.6) is 0 Å². The second kappa shape index (κ2) is 15.7. The van der Waals surface area contributed by atoms with Crippen molar-refractivity contribution in [3.8, 4) is 24.3 Å². The minimum Gasteiger partial charge on any atom is -0.315 e. The molecule has 5 rings (SSSR count). The molecule has 0 aliphatic heterocycles. The Balaban J connectivity index is 1.44. The van der Waals surface area contributed by atoms with Gasteiger partial charge in [0.05, 0.1) is 0 Å². The minimum absolute atomic E-state index is 0.161. The lowest BCUT2D eigenvalue weighted by molar-refractivity contribution is 0.576. The van der Waals surface area contributed by atoms with Gasteiger partial charge in [0.15, 0.2) is 22.8 Å². The molecule has 9 heteroatoms. The second-order valence-electron chi connectivity index (χ2n) is 11.5. The van der Waals surface area contributed by atoms with E-state index in [2.05, 4.69) is 84.5 Å². The zero-order chi connectivity index (χ0) is 33.2. The third kappa shape index (κ3) is 7.34. The molecule has 234 valence electrons. The molecule has 3 aromatic heterocycles. The van der Waals surface area contributed by atoms with Crippen LogP contribution in [-0.2, 0) is 13.1 Å². The van der Waals surface area contributed by atoms with Gasteiger partial charge in [-0.3, -0.25) is 0 Å². The summed E-state index contributed by atoms with van der Waals surface area (Å²) in [5, 5.41) is 40.9. The Kier molecular flexibility index (Phi) is 11.0. The smallest absolute Gasteiger partial charge is 0.177 e. The summed E-state index contributed by atoms with van der Waals surface area (Å²) in [5.74, 6) is 1.22. The predicted octanol–water partition coefficient (Wildman–Crippen LogP) is 9.44. The molecule has 0 saturated heterocycles. The van der Waals surface area contributed by atoms with E-state index >= 15 is 0 Å². The fourth-order valence-electron chi connectivity index (χ4n) is 5.79. The number of imidazole rings is 2. The lowest BCUT2D eigenvalue weighted by Gasteiger charge is -2.06. The van der Waals surface area contributed by atoms with E-state index < -0.39 is 0 Å². The molecule has 0 N–H and O–H groups in total. The van der Waals surface area contributed by atoms with Crippen LogP contribution in [-0.4, -0.2) is 19.1 Å². The van der Waals surface area contributed by atoms with Gasteiger partial charge in [0, 0.05) is 33.3 Å². The van der Waals surface area contributed by atoms with Gasteiger partial charge in [-0.1, -0.05) is 76.7 Å². The normalized spacial score (nSPS) is 11.4. The first-order valence-electron chi connectivity index (χ1n) is 16.2. The molecule has 0 unspecified atom stereocenters. The van der Waals surface area contributed by atoms with E-state index in [0.29, 0.717) is 36.1 Å². The van der Waals surface area contributed by atoms with Crippen molar-refractivity contribution in [2.45, 2.75) is 78.3 Å². The number of nitriles is 4. The molecule has 0 aliphatic carbocycles. The third-order valence-electron chi connectivity index (χ3n) is 8.26. The third-order valence-corrected chi connectivity index (χ3v) is 9.41. The van der Waals surface area contributed by atoms with E-state index in [1.807, 2.05) is 33.4 Å². The van der Waals surface area contributed by atoms with Gasteiger partial charge in [-0.25, -0.2) is 9.97 Å². The molecule has 5 aromatic rings. The summed E-state index contributed by atoms with van der Waals surface area (Å²) in [6.45, 7) is 5.62. The minimum atomic E-state index is 0.161. The highest BCUT2D eigenvalue weighted by Gasteiger charge is 2.16. The highest BCUT2D eigenvalue weighted by Crippen LogP contribution is 2.35. The van der Waals surface area contributed by atoms with Crippen LogP contribution in [0.3, 0.4) is 0 Å². The fourth-order valence-corrected chi connectivity index (χ4v) is 6.85. The molecular formula is C38H36N8S. The first kappa shape index (κ1) is 32.9. The van der Waals surface area contributed by atoms with Gasteiger partial charge in [-0.15, -0.1) is 11.3 Å². The van der Waals surface area contributed by atoms with Crippen molar-refractivity contribution >= 4 is 55.8 Å². The Labute approximate surface area is 279 Å². The van der Waals surface area contributed by atoms with Crippen LogP contribution in [0.25, 0.3) is 44.5 Å². The summed E-state index contributed by atoms with van der Waals surface area (Å²) in [6.07, 6.45) is 16.2. The summed E-state index contributed by atoms with van der Waals surface area (Å²) >= 11 is 1.74. The zero-order valence-electron chi connectivity index (χ0n) is 26.8. The second-order valence-corrected chi connectivity index (χ2v) is 12.6. The van der Waals surface area contributed by atoms with Crippen LogP contribution in [0, 0.1) is 45.3 Å². The predicted molar refractivity (Wildman–Crippen MR) is 189 cm³/mol. The average molecular weight is 637 g/mol. The largest absolute Gasteiger partial charge is 0.315 e. The van der Waals surface area contributed by atoms with Crippen LogP contribution in [0.15, 0.2) is 36.4 Å². The molecule has 8 nitrogen and oxygen atoms in total. The van der Waals surface area contributed by atoms with Gasteiger partial charge >= 0.3 is 0 Å². The number of rotatable bonds is 14. The van der Waals surface area contributed by atoms with Gasteiger partial charge < -0.3 is 9.13 Å². The van der Waals surface area contributed by atoms with Gasteiger partial charge in [-0.2, -0.15) is 21.0 Å². The molecule has 0 amide bonds. The molecular weight excluding hydrogens is 601 g/mol. The van der Waals surface area contributed by atoms with Crippen molar-refractivity contribution in [3.05, 3.63) is 81.9 Å². The molecule has 0 aliphatic rings. The standard InChI is InChI=1S/C38H36N8S/c1-3-5-7-9-19-45-33(25-41)31(23-39)43-37(45)17-13-27-11-15-35-29(21-27)30-22-28(12-16-36(30)47-35)14-18-38-44-32(24-40)34(26-42)46(38)20-10-8-6-4-2/h11-18,21-22H,3-10,19-20H2,1-2H3/b17-13+,18-14+. The summed E-state index contributed by atoms with van der Waals surface area (Å²) in [4.78, 5) is 8.93. The molecule has 47 heavy (non-hydrogen) atoms. The summed E-state index contributed by atoms with van der Waals surface area (Å²) < 4.78 is 6.07. The van der Waals surface area contributed by atoms with Crippen molar-refractivity contribution in [3.63, 3.8) is 0 Å². The maximum absolute atomic E-state index is 9.73. The van der Waals surface area contributed by atoms with Crippen molar-refractivity contribution in [2.24, 2.45) is 0 Å². The number of thiophene rings is 1. The molecule has 0 spiro atoms. The molecule has 0 fully saturated rings. The zero-order valence-corrected chi connectivity index (χ0v) is 27.6. The fraction of sp³-hybridized carbons (Fsp3) is 0.316. The van der Waals surface area contributed by atoms with Crippen LogP contribution in [0.1, 0.15) is 111 Å². The van der Waals surface area contributed by atoms with Crippen LogP contribution in [0.2, 0.25) is 0 Å². The monoisotopic (exact) mass is 636 g/mol. The number of fused-ring (bicyclic) bond motifs is 3. The summed E-state index contributed by atoms with van der Waals surface area (Å²) in [6, 6.07) is 21.2. The average Bonchev–Trinajstić information content (AvgIpc) is 3.76. The van der Waals surface area contributed by atoms with E-state index in [1.165, 1.54) is 9.40 Å². The maximum atomic E-state index is 9.73. The van der Waals surface area contributed by atoms with Gasteiger partial charge in [0.25, 0.3) is 0 Å². The van der Waals surface area contributed by atoms with E-state index in [4.69, 9.17) is 0 Å². The Hall–Kier alpha value is -5.48. The van der Waals surface area contributed by atoms with E-state index in [1.54, 1.807) is 11.3 Å². The van der Waals surface area contributed by atoms with Crippen molar-refractivity contribution in [1.29, 1.82) is 21.0 Å². The number of unbranched alkanes of at least 4 members (excludes halogenated alkanes) is 6. The van der Waals surface area contributed by atoms with Crippen LogP contribution in [0.4, 0.5) is 0 Å². The van der Waals surface area contributed by atoms with E-state index in [0.717, 1.165) is 73.3 Å². The van der Waals surface area contributed by atoms with Crippen LogP contribution < -0.4 is 0 Å². The first-order chi connectivity index (χ1) is 23.0. The lowest BCUT2D eigenvalue weighted by Crippen LogP contribution is -2.04. The van der Waals surface area contributed by atoms with Gasteiger partial charge in [0.1, 0.15) is 35.9 Å². The summed E-state index contributed by atoms with van der Waals surface area (Å²) in [5.41, 5.74) is 2.94. The number of hydrogen-bond donors (Lipinski definition) is 0. The van der Waals surface area contributed by atoms with E-state index in [-0.39, 0.29) is 11.4 Å². The van der Waals surface area contributed by atoms with Crippen molar-refractivity contribution < 1.29 is 0 Å². The van der Waals surface area contributed by atoms with Crippen LogP contribution >= 0.6 is 11.3 Å². The van der Waals surface area contributed by atoms with Gasteiger partial charge in [-0.05, 0) is 60.4 Å². The highest BCUT2D eigenvalue weighted by molar-refractivity contribution is 7.25. The number of aromatic nitrogens is 4. The molecule has 0 bridgehead atoms. The van der Waals surface area contributed by atoms with E-state index in [9.17, 15) is 21.0 Å². The maximum Gasteiger partial charge on any atom is 0.177 e. The van der Waals surface area contributed by atoms with Crippen molar-refractivity contribution in [1.82, 2.24) is 19.1 Å². The Morgan fingerprint density at radius 2 is 1.04 bits per heavy atom.